The van der Waals surface area contributed by atoms with E-state index in [2.05, 4.69) is 16.7 Å². The summed E-state index contributed by atoms with van der Waals surface area (Å²) in [5, 5.41) is 15.5. The molecule has 0 heterocycles. The average Bonchev–Trinajstić information content (AvgIpc) is 2.50. The lowest BCUT2D eigenvalue weighted by Gasteiger charge is -2.16. The summed E-state index contributed by atoms with van der Waals surface area (Å²) in [5.74, 6) is 1.41. The molecule has 112 valence electrons. The van der Waals surface area contributed by atoms with E-state index >= 15 is 0 Å². The van der Waals surface area contributed by atoms with Crippen molar-refractivity contribution in [3.05, 3.63) is 35.9 Å². The Labute approximate surface area is 125 Å². The van der Waals surface area contributed by atoms with Crippen molar-refractivity contribution < 1.29 is 5.21 Å². The fourth-order valence-corrected chi connectivity index (χ4v) is 2.56. The maximum atomic E-state index is 8.90. The van der Waals surface area contributed by atoms with Gasteiger partial charge >= 0.3 is 0 Å². The van der Waals surface area contributed by atoms with Crippen LogP contribution >= 0.6 is 11.8 Å². The molecule has 0 aliphatic heterocycles. The Morgan fingerprint density at radius 1 is 1.30 bits per heavy atom. The van der Waals surface area contributed by atoms with Gasteiger partial charge in [0, 0.05) is 6.54 Å². The molecule has 1 unspecified atom stereocenters. The second-order valence-electron chi connectivity index (χ2n) is 4.75. The normalized spacial score (nSPS) is 13.3. The third-order valence-corrected chi connectivity index (χ3v) is 3.92. The van der Waals surface area contributed by atoms with Gasteiger partial charge in [0.05, 0.1) is 5.92 Å². The van der Waals surface area contributed by atoms with Crippen molar-refractivity contribution in [1.29, 1.82) is 0 Å². The van der Waals surface area contributed by atoms with Gasteiger partial charge in [-0.1, -0.05) is 41.9 Å². The summed E-state index contributed by atoms with van der Waals surface area (Å²) >= 11 is 1.89. The quantitative estimate of drug-likeness (QED) is 0.204. The van der Waals surface area contributed by atoms with Crippen LogP contribution in [0.3, 0.4) is 0 Å². The zero-order valence-corrected chi connectivity index (χ0v) is 12.9. The molecule has 0 aliphatic carbocycles. The minimum Gasteiger partial charge on any atom is -0.409 e. The number of nitrogens with one attached hydrogen (secondary N) is 1. The molecule has 0 aromatic heterocycles. The zero-order valence-electron chi connectivity index (χ0n) is 12.1. The standard InChI is InChI=1S/C15H25N3OS/c1-20-11-7-3-6-10-17-12-14(15(16)18-19)13-8-4-2-5-9-13/h2,4-5,8-9,14,17,19H,3,6-7,10-12H2,1H3,(H2,16,18). The predicted octanol–water partition coefficient (Wildman–Crippen LogP) is 2.64. The van der Waals surface area contributed by atoms with Crippen LogP contribution in [0.4, 0.5) is 0 Å². The zero-order chi connectivity index (χ0) is 14.6. The molecule has 0 saturated heterocycles. The minimum atomic E-state index is -0.0765. The first-order chi connectivity index (χ1) is 9.79. The molecule has 1 aromatic rings. The Kier molecular flexibility index (Phi) is 8.91. The number of nitrogens with zero attached hydrogens (tertiary/aromatic N) is 1. The van der Waals surface area contributed by atoms with Gasteiger partial charge < -0.3 is 16.3 Å². The molecule has 0 aliphatic rings. The third-order valence-electron chi connectivity index (χ3n) is 3.22. The molecule has 1 atom stereocenters. The van der Waals surface area contributed by atoms with Crippen LogP contribution < -0.4 is 11.1 Å². The van der Waals surface area contributed by atoms with Crippen molar-refractivity contribution in [3.63, 3.8) is 0 Å². The summed E-state index contributed by atoms with van der Waals surface area (Å²) in [6.07, 6.45) is 5.82. The highest BCUT2D eigenvalue weighted by Gasteiger charge is 2.15. The Balaban J connectivity index is 2.36. The summed E-state index contributed by atoms with van der Waals surface area (Å²) in [5.41, 5.74) is 6.85. The maximum Gasteiger partial charge on any atom is 0.147 e. The number of hydrogen-bond donors (Lipinski definition) is 3. The highest BCUT2D eigenvalue weighted by atomic mass is 32.2. The molecule has 0 radical (unpaired) electrons. The van der Waals surface area contributed by atoms with Crippen molar-refractivity contribution >= 4 is 17.6 Å². The molecule has 0 amide bonds. The van der Waals surface area contributed by atoms with Crippen molar-refractivity contribution in [2.75, 3.05) is 25.1 Å². The molecule has 1 rings (SSSR count). The van der Waals surface area contributed by atoms with Crippen molar-refractivity contribution in [1.82, 2.24) is 5.32 Å². The predicted molar refractivity (Wildman–Crippen MR) is 87.7 cm³/mol. The van der Waals surface area contributed by atoms with Crippen LogP contribution in [0.5, 0.6) is 0 Å². The Morgan fingerprint density at radius 2 is 2.05 bits per heavy atom. The first-order valence-electron chi connectivity index (χ1n) is 7.01. The molecule has 4 N–H and O–H groups in total. The molecule has 20 heavy (non-hydrogen) atoms. The van der Waals surface area contributed by atoms with E-state index < -0.39 is 0 Å². The third kappa shape index (κ3) is 6.30. The van der Waals surface area contributed by atoms with E-state index in [1.54, 1.807) is 0 Å². The van der Waals surface area contributed by atoms with Gasteiger partial charge in [0.2, 0.25) is 0 Å². The van der Waals surface area contributed by atoms with Gasteiger partial charge in [-0.05, 0) is 37.0 Å². The molecule has 0 fully saturated rings. The monoisotopic (exact) mass is 295 g/mol. The van der Waals surface area contributed by atoms with Crippen molar-refractivity contribution in [3.8, 4) is 0 Å². The lowest BCUT2D eigenvalue weighted by Crippen LogP contribution is -2.32. The summed E-state index contributed by atoms with van der Waals surface area (Å²) in [6, 6.07) is 9.91. The number of thioether (sulfide) groups is 1. The van der Waals surface area contributed by atoms with E-state index in [0.29, 0.717) is 6.54 Å². The fourth-order valence-electron chi connectivity index (χ4n) is 2.07. The van der Waals surface area contributed by atoms with Crippen LogP contribution in [0.1, 0.15) is 30.7 Å². The highest BCUT2D eigenvalue weighted by molar-refractivity contribution is 7.98. The lowest BCUT2D eigenvalue weighted by atomic mass is 9.98. The number of nitrogens with two attached hydrogens (primary N) is 1. The largest absolute Gasteiger partial charge is 0.409 e. The smallest absolute Gasteiger partial charge is 0.147 e. The number of hydrogen-bond acceptors (Lipinski definition) is 4. The molecular formula is C15H25N3OS. The number of oxime groups is 1. The van der Waals surface area contributed by atoms with Gasteiger partial charge in [0.1, 0.15) is 5.84 Å². The van der Waals surface area contributed by atoms with E-state index in [1.807, 2.05) is 42.1 Å². The fraction of sp³-hybridized carbons (Fsp3) is 0.533. The van der Waals surface area contributed by atoms with Gasteiger partial charge in [0.25, 0.3) is 0 Å². The van der Waals surface area contributed by atoms with E-state index in [4.69, 9.17) is 10.9 Å². The van der Waals surface area contributed by atoms with Crippen molar-refractivity contribution in [2.24, 2.45) is 10.9 Å². The molecule has 0 spiro atoms. The van der Waals surface area contributed by atoms with Crippen molar-refractivity contribution in [2.45, 2.75) is 25.2 Å². The van der Waals surface area contributed by atoms with Gasteiger partial charge in [-0.25, -0.2) is 0 Å². The van der Waals surface area contributed by atoms with Gasteiger partial charge in [0.15, 0.2) is 0 Å². The average molecular weight is 295 g/mol. The van der Waals surface area contributed by atoms with Gasteiger partial charge in [-0.3, -0.25) is 0 Å². The molecule has 1 aromatic carbocycles. The van der Waals surface area contributed by atoms with Gasteiger partial charge in [-0.2, -0.15) is 11.8 Å². The Hall–Kier alpha value is -1.20. The van der Waals surface area contributed by atoms with Crippen LogP contribution in [0, 0.1) is 0 Å². The molecule has 0 bridgehead atoms. The van der Waals surface area contributed by atoms with Crippen LogP contribution in [0.25, 0.3) is 0 Å². The van der Waals surface area contributed by atoms with Crippen LogP contribution in [-0.4, -0.2) is 36.1 Å². The molecular weight excluding hydrogens is 270 g/mol. The Bertz CT molecular complexity index is 384. The molecule has 5 heteroatoms. The first kappa shape index (κ1) is 16.9. The number of amidine groups is 1. The SMILES string of the molecule is CSCCCCCNCC(/C(N)=N/O)c1ccccc1. The topological polar surface area (TPSA) is 70.6 Å². The van der Waals surface area contributed by atoms with Gasteiger partial charge in [-0.15, -0.1) is 0 Å². The highest BCUT2D eigenvalue weighted by Crippen LogP contribution is 2.14. The van der Waals surface area contributed by atoms with Crippen LogP contribution in [-0.2, 0) is 0 Å². The summed E-state index contributed by atoms with van der Waals surface area (Å²) in [4.78, 5) is 0. The summed E-state index contributed by atoms with van der Waals surface area (Å²) in [6.45, 7) is 1.67. The van der Waals surface area contributed by atoms with E-state index in [1.165, 1.54) is 18.6 Å². The van der Waals surface area contributed by atoms with E-state index in [-0.39, 0.29) is 11.8 Å². The van der Waals surface area contributed by atoms with E-state index in [9.17, 15) is 0 Å². The number of unbranched alkanes of at least 4 members (excludes halogenated alkanes) is 2. The summed E-state index contributed by atoms with van der Waals surface area (Å²) < 4.78 is 0. The second-order valence-corrected chi connectivity index (χ2v) is 5.73. The number of benzene rings is 1. The Morgan fingerprint density at radius 3 is 2.70 bits per heavy atom. The second kappa shape index (κ2) is 10.6. The van der Waals surface area contributed by atoms with Crippen LogP contribution in [0.15, 0.2) is 35.5 Å². The molecule has 4 nitrogen and oxygen atoms in total. The minimum absolute atomic E-state index is 0.0765. The lowest BCUT2D eigenvalue weighted by molar-refractivity contribution is 0.315. The van der Waals surface area contributed by atoms with E-state index in [0.717, 1.165) is 18.5 Å². The molecule has 0 saturated carbocycles. The van der Waals surface area contributed by atoms with Crippen LogP contribution in [0.2, 0.25) is 0 Å². The summed E-state index contributed by atoms with van der Waals surface area (Å²) in [7, 11) is 0. The maximum absolute atomic E-state index is 8.90. The number of rotatable bonds is 10. The first-order valence-corrected chi connectivity index (χ1v) is 8.41.